The summed E-state index contributed by atoms with van der Waals surface area (Å²) in [6.07, 6.45) is 0. The SMILES string of the molecule is CCOC(=O)Cn1c(=O)c2c(C)c(NC(=O)c3ccccc3)sc2n(Cc2ccccc2OC)c1=O. The zero-order valence-corrected chi connectivity index (χ0v) is 20.9. The first-order chi connectivity index (χ1) is 17.3. The van der Waals surface area contributed by atoms with Crippen molar-refractivity contribution in [2.24, 2.45) is 0 Å². The van der Waals surface area contributed by atoms with Crippen molar-refractivity contribution in [1.29, 1.82) is 0 Å². The Balaban J connectivity index is 1.90. The van der Waals surface area contributed by atoms with E-state index in [1.807, 2.05) is 24.3 Å². The van der Waals surface area contributed by atoms with Gasteiger partial charge in [0.25, 0.3) is 11.5 Å². The summed E-state index contributed by atoms with van der Waals surface area (Å²) in [5.74, 6) is -0.451. The molecule has 4 rings (SSSR count). The number of para-hydroxylation sites is 1. The first-order valence-corrected chi connectivity index (χ1v) is 12.1. The number of aromatic nitrogens is 2. The first-order valence-electron chi connectivity index (χ1n) is 11.3. The maximum Gasteiger partial charge on any atom is 0.332 e. The van der Waals surface area contributed by atoms with Gasteiger partial charge in [0.05, 0.1) is 25.6 Å². The predicted octanol–water partition coefficient (Wildman–Crippen LogP) is 3.41. The summed E-state index contributed by atoms with van der Waals surface area (Å²) in [7, 11) is 1.53. The summed E-state index contributed by atoms with van der Waals surface area (Å²) in [5.41, 5.74) is 0.406. The maximum absolute atomic E-state index is 13.5. The van der Waals surface area contributed by atoms with Crippen LogP contribution >= 0.6 is 11.3 Å². The Hall–Kier alpha value is -4.18. The molecule has 9 nitrogen and oxygen atoms in total. The summed E-state index contributed by atoms with van der Waals surface area (Å²) < 4.78 is 12.7. The van der Waals surface area contributed by atoms with Crippen molar-refractivity contribution < 1.29 is 19.1 Å². The van der Waals surface area contributed by atoms with Crippen molar-refractivity contribution in [2.45, 2.75) is 26.9 Å². The predicted molar refractivity (Wildman–Crippen MR) is 138 cm³/mol. The molecular weight excluding hydrogens is 482 g/mol. The molecule has 10 heteroatoms. The third kappa shape index (κ3) is 4.80. The number of benzene rings is 2. The number of amides is 1. The molecule has 2 aromatic carbocycles. The standard InChI is InChI=1S/C26H25N3O6S/c1-4-35-20(30)15-28-24(32)21-16(2)23(27-22(31)17-10-6-5-7-11-17)36-25(21)29(26(28)33)14-18-12-8-9-13-19(18)34-3/h5-13H,4,14-15H2,1-3H3,(H,27,31). The Labute approximate surface area is 210 Å². The molecule has 4 aromatic rings. The van der Waals surface area contributed by atoms with Gasteiger partial charge in [-0.1, -0.05) is 47.7 Å². The normalized spacial score (nSPS) is 10.9. The molecule has 0 bridgehead atoms. The molecule has 0 fully saturated rings. The Morgan fingerprint density at radius 2 is 1.69 bits per heavy atom. The number of anilines is 1. The molecule has 0 aliphatic rings. The number of rotatable bonds is 8. The molecule has 0 radical (unpaired) electrons. The molecule has 1 amide bonds. The molecule has 0 atom stereocenters. The van der Waals surface area contributed by atoms with E-state index in [0.717, 1.165) is 15.9 Å². The molecule has 0 unspecified atom stereocenters. The number of aryl methyl sites for hydroxylation is 1. The number of ether oxygens (including phenoxy) is 2. The third-order valence-electron chi connectivity index (χ3n) is 5.67. The molecule has 186 valence electrons. The van der Waals surface area contributed by atoms with Crippen LogP contribution in [0.5, 0.6) is 5.75 Å². The van der Waals surface area contributed by atoms with Crippen LogP contribution in [-0.2, 0) is 22.6 Å². The number of nitrogens with one attached hydrogen (secondary N) is 1. The van der Waals surface area contributed by atoms with Crippen LogP contribution in [0.25, 0.3) is 10.2 Å². The van der Waals surface area contributed by atoms with Crippen molar-refractivity contribution in [1.82, 2.24) is 9.13 Å². The van der Waals surface area contributed by atoms with E-state index < -0.39 is 23.8 Å². The van der Waals surface area contributed by atoms with Gasteiger partial charge in [-0.05, 0) is 37.6 Å². The van der Waals surface area contributed by atoms with E-state index in [2.05, 4.69) is 5.32 Å². The van der Waals surface area contributed by atoms with Crippen LogP contribution < -0.4 is 21.3 Å². The van der Waals surface area contributed by atoms with Gasteiger partial charge < -0.3 is 14.8 Å². The zero-order chi connectivity index (χ0) is 25.8. The van der Waals surface area contributed by atoms with Gasteiger partial charge in [-0.3, -0.25) is 19.0 Å². The number of nitrogens with zero attached hydrogens (tertiary/aromatic N) is 2. The lowest BCUT2D eigenvalue weighted by molar-refractivity contribution is -0.143. The van der Waals surface area contributed by atoms with Gasteiger partial charge in [-0.2, -0.15) is 0 Å². The summed E-state index contributed by atoms with van der Waals surface area (Å²) in [5, 5.41) is 3.55. The highest BCUT2D eigenvalue weighted by Crippen LogP contribution is 2.33. The number of fused-ring (bicyclic) bond motifs is 1. The number of hydrogen-bond donors (Lipinski definition) is 1. The van der Waals surface area contributed by atoms with Crippen molar-refractivity contribution in [3.05, 3.63) is 92.1 Å². The average molecular weight is 508 g/mol. The van der Waals surface area contributed by atoms with Crippen molar-refractivity contribution in [2.75, 3.05) is 19.0 Å². The Kier molecular flexibility index (Phi) is 7.35. The van der Waals surface area contributed by atoms with E-state index in [4.69, 9.17) is 9.47 Å². The lowest BCUT2D eigenvalue weighted by Gasteiger charge is -2.14. The lowest BCUT2D eigenvalue weighted by Crippen LogP contribution is -2.42. The number of thiophene rings is 1. The van der Waals surface area contributed by atoms with Crippen molar-refractivity contribution in [3.8, 4) is 5.75 Å². The fourth-order valence-electron chi connectivity index (χ4n) is 3.90. The number of methoxy groups -OCH3 is 1. The van der Waals surface area contributed by atoms with Gasteiger partial charge in [-0.15, -0.1) is 0 Å². The topological polar surface area (TPSA) is 109 Å². The number of esters is 1. The monoisotopic (exact) mass is 507 g/mol. The van der Waals surface area contributed by atoms with Gasteiger partial charge in [-0.25, -0.2) is 9.36 Å². The van der Waals surface area contributed by atoms with Crippen LogP contribution in [0.1, 0.15) is 28.4 Å². The minimum Gasteiger partial charge on any atom is -0.496 e. The molecular formula is C26H25N3O6S. The van der Waals surface area contributed by atoms with E-state index >= 15 is 0 Å². The molecule has 0 saturated carbocycles. The van der Waals surface area contributed by atoms with E-state index in [1.54, 1.807) is 44.2 Å². The van der Waals surface area contributed by atoms with E-state index in [0.29, 0.717) is 32.3 Å². The van der Waals surface area contributed by atoms with Crippen LogP contribution in [0.4, 0.5) is 5.00 Å². The van der Waals surface area contributed by atoms with Gasteiger partial charge in [0, 0.05) is 11.1 Å². The highest BCUT2D eigenvalue weighted by molar-refractivity contribution is 7.22. The maximum atomic E-state index is 13.5. The summed E-state index contributed by atoms with van der Waals surface area (Å²) in [6, 6.07) is 15.9. The highest BCUT2D eigenvalue weighted by atomic mass is 32.1. The summed E-state index contributed by atoms with van der Waals surface area (Å²) >= 11 is 1.13. The number of carbonyl (C=O) groups excluding carboxylic acids is 2. The zero-order valence-electron chi connectivity index (χ0n) is 20.1. The molecule has 2 aromatic heterocycles. The van der Waals surface area contributed by atoms with E-state index in [9.17, 15) is 19.2 Å². The lowest BCUT2D eigenvalue weighted by atomic mass is 10.2. The van der Waals surface area contributed by atoms with Gasteiger partial charge >= 0.3 is 11.7 Å². The molecule has 0 saturated heterocycles. The number of carbonyl (C=O) groups is 2. The van der Waals surface area contributed by atoms with Crippen LogP contribution in [0.2, 0.25) is 0 Å². The van der Waals surface area contributed by atoms with E-state index in [-0.39, 0.29) is 24.4 Å². The molecule has 0 spiro atoms. The van der Waals surface area contributed by atoms with E-state index in [1.165, 1.54) is 11.7 Å². The fourth-order valence-corrected chi connectivity index (χ4v) is 5.08. The van der Waals surface area contributed by atoms with Crippen LogP contribution in [0.3, 0.4) is 0 Å². The Morgan fingerprint density at radius 3 is 2.39 bits per heavy atom. The minimum atomic E-state index is -0.689. The van der Waals surface area contributed by atoms with Crippen LogP contribution in [-0.4, -0.2) is 34.7 Å². The second kappa shape index (κ2) is 10.6. The molecule has 36 heavy (non-hydrogen) atoms. The van der Waals surface area contributed by atoms with Gasteiger partial charge in [0.15, 0.2) is 0 Å². The molecule has 1 N–H and O–H groups in total. The summed E-state index contributed by atoms with van der Waals surface area (Å²) in [6.45, 7) is 3.04. The van der Waals surface area contributed by atoms with Gasteiger partial charge in [0.2, 0.25) is 0 Å². The smallest absolute Gasteiger partial charge is 0.332 e. The number of hydrogen-bond acceptors (Lipinski definition) is 7. The average Bonchev–Trinajstić information content (AvgIpc) is 3.21. The van der Waals surface area contributed by atoms with Crippen LogP contribution in [0.15, 0.2) is 64.2 Å². The minimum absolute atomic E-state index is 0.0917. The summed E-state index contributed by atoms with van der Waals surface area (Å²) in [4.78, 5) is 52.3. The molecule has 2 heterocycles. The second-order valence-electron chi connectivity index (χ2n) is 7.93. The molecule has 0 aliphatic carbocycles. The second-order valence-corrected chi connectivity index (χ2v) is 8.93. The highest BCUT2D eigenvalue weighted by Gasteiger charge is 2.23. The van der Waals surface area contributed by atoms with Crippen LogP contribution in [0, 0.1) is 6.92 Å². The largest absolute Gasteiger partial charge is 0.496 e. The first kappa shape index (κ1) is 24.9. The van der Waals surface area contributed by atoms with Crippen molar-refractivity contribution in [3.63, 3.8) is 0 Å². The van der Waals surface area contributed by atoms with Gasteiger partial charge in [0.1, 0.15) is 22.1 Å². The van der Waals surface area contributed by atoms with Crippen molar-refractivity contribution >= 4 is 38.4 Å². The Morgan fingerprint density at radius 1 is 1.00 bits per heavy atom. The third-order valence-corrected chi connectivity index (χ3v) is 6.90. The Bertz CT molecular complexity index is 1550. The fraction of sp³-hybridized carbons (Fsp3) is 0.231. The molecule has 0 aliphatic heterocycles. The quantitative estimate of drug-likeness (QED) is 0.366.